The van der Waals surface area contributed by atoms with E-state index >= 15 is 0 Å². The number of alkyl halides is 3. The van der Waals surface area contributed by atoms with Gasteiger partial charge in [0.05, 0.1) is 12.0 Å². The zero-order valence-corrected chi connectivity index (χ0v) is 11.7. The molecule has 3 nitrogen and oxygen atoms in total. The van der Waals surface area contributed by atoms with Crippen LogP contribution in [0.4, 0.5) is 13.2 Å². The highest BCUT2D eigenvalue weighted by Gasteiger charge is 2.30. The first-order valence-electron chi connectivity index (χ1n) is 6.77. The molecule has 1 aromatic heterocycles. The number of carbonyl (C=O) groups excluding carboxylic acids is 1. The van der Waals surface area contributed by atoms with Crippen molar-refractivity contribution in [3.63, 3.8) is 0 Å². The third-order valence-electron chi connectivity index (χ3n) is 3.08. The van der Waals surface area contributed by atoms with Crippen molar-refractivity contribution in [2.24, 2.45) is 0 Å². The Morgan fingerprint density at radius 1 is 1.14 bits per heavy atom. The summed E-state index contributed by atoms with van der Waals surface area (Å²) in [7, 11) is 0. The maximum absolute atomic E-state index is 12.6. The summed E-state index contributed by atoms with van der Waals surface area (Å²) in [6.07, 6.45) is -0.472. The Morgan fingerprint density at radius 3 is 2.59 bits per heavy atom. The number of rotatable bonds is 5. The Bertz CT molecular complexity index is 627. The second kappa shape index (κ2) is 7.06. The molecule has 0 spiro atoms. The van der Waals surface area contributed by atoms with Gasteiger partial charge in [0.2, 0.25) is 5.91 Å². The average Bonchev–Trinajstić information content (AvgIpc) is 2.48. The molecule has 0 radical (unpaired) electrons. The Hall–Kier alpha value is -2.37. The third kappa shape index (κ3) is 4.87. The molecule has 1 aromatic carbocycles. The van der Waals surface area contributed by atoms with E-state index in [1.54, 1.807) is 18.5 Å². The third-order valence-corrected chi connectivity index (χ3v) is 3.08. The number of carbonyl (C=O) groups is 1. The Labute approximate surface area is 126 Å². The minimum atomic E-state index is -4.40. The normalized spacial score (nSPS) is 11.2. The molecule has 0 unspecified atom stereocenters. The lowest BCUT2D eigenvalue weighted by atomic mass is 10.1. The topological polar surface area (TPSA) is 42.0 Å². The number of halogens is 3. The van der Waals surface area contributed by atoms with Gasteiger partial charge in [-0.1, -0.05) is 24.3 Å². The van der Waals surface area contributed by atoms with Crippen LogP contribution in [0.25, 0.3) is 0 Å². The number of hydrogen-bond donors (Lipinski definition) is 1. The van der Waals surface area contributed by atoms with Gasteiger partial charge in [-0.15, -0.1) is 0 Å². The fraction of sp³-hybridized carbons (Fsp3) is 0.250. The fourth-order valence-electron chi connectivity index (χ4n) is 2.00. The van der Waals surface area contributed by atoms with Crippen molar-refractivity contribution in [3.05, 3.63) is 65.5 Å². The number of benzene rings is 1. The quantitative estimate of drug-likeness (QED) is 0.922. The summed E-state index contributed by atoms with van der Waals surface area (Å²) in [5.41, 5.74) is 0.587. The maximum atomic E-state index is 12.6. The SMILES string of the molecule is O=C(Cc1cccc(C(F)(F)F)c1)NCCc1cccnc1. The van der Waals surface area contributed by atoms with Crippen molar-refractivity contribution in [2.45, 2.75) is 19.0 Å². The van der Waals surface area contributed by atoms with E-state index in [1.807, 2.05) is 6.07 Å². The van der Waals surface area contributed by atoms with Gasteiger partial charge in [-0.05, 0) is 29.7 Å². The molecule has 2 aromatic rings. The Balaban J connectivity index is 1.84. The van der Waals surface area contributed by atoms with E-state index in [0.29, 0.717) is 18.5 Å². The molecule has 0 fully saturated rings. The van der Waals surface area contributed by atoms with E-state index in [4.69, 9.17) is 0 Å². The molecule has 0 saturated heterocycles. The number of aromatic nitrogens is 1. The molecule has 2 rings (SSSR count). The monoisotopic (exact) mass is 308 g/mol. The largest absolute Gasteiger partial charge is 0.416 e. The molecule has 1 heterocycles. The van der Waals surface area contributed by atoms with Crippen LogP contribution >= 0.6 is 0 Å². The Morgan fingerprint density at radius 2 is 1.91 bits per heavy atom. The van der Waals surface area contributed by atoms with Gasteiger partial charge in [0, 0.05) is 18.9 Å². The van der Waals surface area contributed by atoms with E-state index in [0.717, 1.165) is 17.7 Å². The van der Waals surface area contributed by atoms with Crippen molar-refractivity contribution in [3.8, 4) is 0 Å². The number of hydrogen-bond acceptors (Lipinski definition) is 2. The van der Waals surface area contributed by atoms with Gasteiger partial charge in [0.1, 0.15) is 0 Å². The van der Waals surface area contributed by atoms with Crippen molar-refractivity contribution in [2.75, 3.05) is 6.54 Å². The summed E-state index contributed by atoms with van der Waals surface area (Å²) in [6, 6.07) is 8.51. The van der Waals surface area contributed by atoms with Crippen molar-refractivity contribution in [1.82, 2.24) is 10.3 Å². The Kier molecular flexibility index (Phi) is 5.14. The first kappa shape index (κ1) is 16.0. The lowest BCUT2D eigenvalue weighted by Gasteiger charge is -2.09. The second-order valence-electron chi connectivity index (χ2n) is 4.84. The van der Waals surface area contributed by atoms with Gasteiger partial charge in [0.15, 0.2) is 0 Å². The van der Waals surface area contributed by atoms with E-state index < -0.39 is 11.7 Å². The molecular weight excluding hydrogens is 293 g/mol. The van der Waals surface area contributed by atoms with Gasteiger partial charge < -0.3 is 5.32 Å². The van der Waals surface area contributed by atoms with E-state index in [1.165, 1.54) is 12.1 Å². The summed E-state index contributed by atoms with van der Waals surface area (Å²) >= 11 is 0. The van der Waals surface area contributed by atoms with Gasteiger partial charge in [-0.2, -0.15) is 13.2 Å². The zero-order chi connectivity index (χ0) is 16.0. The standard InChI is InChI=1S/C16H15F3N2O/c17-16(18,19)14-5-1-3-13(9-14)10-15(22)21-8-6-12-4-2-7-20-11-12/h1-5,7,9,11H,6,8,10H2,(H,21,22). The van der Waals surface area contributed by atoms with Crippen LogP contribution < -0.4 is 5.32 Å². The lowest BCUT2D eigenvalue weighted by molar-refractivity contribution is -0.137. The molecule has 22 heavy (non-hydrogen) atoms. The van der Waals surface area contributed by atoms with E-state index in [9.17, 15) is 18.0 Å². The molecular formula is C16H15F3N2O. The predicted octanol–water partition coefficient (Wildman–Crippen LogP) is 3.00. The summed E-state index contributed by atoms with van der Waals surface area (Å²) in [5.74, 6) is -0.303. The molecule has 116 valence electrons. The molecule has 1 amide bonds. The summed E-state index contributed by atoms with van der Waals surface area (Å²) < 4.78 is 37.8. The average molecular weight is 308 g/mol. The molecule has 0 bridgehead atoms. The van der Waals surface area contributed by atoms with Gasteiger partial charge >= 0.3 is 6.18 Å². The van der Waals surface area contributed by atoms with E-state index in [2.05, 4.69) is 10.3 Å². The van der Waals surface area contributed by atoms with Crippen LogP contribution in [0.2, 0.25) is 0 Å². The highest BCUT2D eigenvalue weighted by molar-refractivity contribution is 5.78. The highest BCUT2D eigenvalue weighted by atomic mass is 19.4. The van der Waals surface area contributed by atoms with Gasteiger partial charge in [-0.3, -0.25) is 9.78 Å². The van der Waals surface area contributed by atoms with E-state index in [-0.39, 0.29) is 12.3 Å². The predicted molar refractivity (Wildman–Crippen MR) is 76.1 cm³/mol. The summed E-state index contributed by atoms with van der Waals surface area (Å²) in [4.78, 5) is 15.7. The number of nitrogens with zero attached hydrogens (tertiary/aromatic N) is 1. The molecule has 0 aliphatic rings. The van der Waals surface area contributed by atoms with Crippen LogP contribution in [0.5, 0.6) is 0 Å². The van der Waals surface area contributed by atoms with Gasteiger partial charge in [0.25, 0.3) is 0 Å². The van der Waals surface area contributed by atoms with Crippen LogP contribution in [0.3, 0.4) is 0 Å². The zero-order valence-electron chi connectivity index (χ0n) is 11.7. The van der Waals surface area contributed by atoms with Crippen molar-refractivity contribution >= 4 is 5.91 Å². The first-order chi connectivity index (χ1) is 10.4. The number of amides is 1. The van der Waals surface area contributed by atoms with Crippen LogP contribution in [0.1, 0.15) is 16.7 Å². The first-order valence-corrected chi connectivity index (χ1v) is 6.77. The van der Waals surface area contributed by atoms with Crippen LogP contribution in [-0.4, -0.2) is 17.4 Å². The fourth-order valence-corrected chi connectivity index (χ4v) is 2.00. The number of nitrogens with one attached hydrogen (secondary N) is 1. The number of pyridine rings is 1. The van der Waals surface area contributed by atoms with Crippen LogP contribution in [0, 0.1) is 0 Å². The molecule has 0 aliphatic carbocycles. The minimum Gasteiger partial charge on any atom is -0.355 e. The maximum Gasteiger partial charge on any atom is 0.416 e. The molecule has 1 N–H and O–H groups in total. The van der Waals surface area contributed by atoms with Crippen LogP contribution in [0.15, 0.2) is 48.8 Å². The summed E-state index contributed by atoms with van der Waals surface area (Å²) in [6.45, 7) is 0.420. The highest BCUT2D eigenvalue weighted by Crippen LogP contribution is 2.29. The lowest BCUT2D eigenvalue weighted by Crippen LogP contribution is -2.27. The molecule has 0 aliphatic heterocycles. The van der Waals surface area contributed by atoms with Crippen molar-refractivity contribution in [1.29, 1.82) is 0 Å². The summed E-state index contributed by atoms with van der Waals surface area (Å²) in [5, 5.41) is 2.69. The molecule has 6 heteroatoms. The minimum absolute atomic E-state index is 0.0725. The van der Waals surface area contributed by atoms with Gasteiger partial charge in [-0.25, -0.2) is 0 Å². The molecule has 0 atom stereocenters. The smallest absolute Gasteiger partial charge is 0.355 e. The van der Waals surface area contributed by atoms with Crippen molar-refractivity contribution < 1.29 is 18.0 Å². The molecule has 0 saturated carbocycles. The second-order valence-corrected chi connectivity index (χ2v) is 4.84. The van der Waals surface area contributed by atoms with Crippen LogP contribution in [-0.2, 0) is 23.8 Å².